The van der Waals surface area contributed by atoms with Crippen LogP contribution in [0, 0.1) is 6.08 Å². The normalized spacial score (nSPS) is 18.4. The second kappa shape index (κ2) is 12.6. The summed E-state index contributed by atoms with van der Waals surface area (Å²) in [5, 5.41) is 17.5. The summed E-state index contributed by atoms with van der Waals surface area (Å²) < 4.78 is 18.2. The summed E-state index contributed by atoms with van der Waals surface area (Å²) in [5.41, 5.74) is 0. The van der Waals surface area contributed by atoms with E-state index >= 15 is 0 Å². The first-order valence-corrected chi connectivity index (χ1v) is 5.14. The van der Waals surface area contributed by atoms with Crippen molar-refractivity contribution in [3.05, 3.63) is 11.8 Å². The Morgan fingerprint density at radius 2 is 1.89 bits per heavy atom. The van der Waals surface area contributed by atoms with Crippen LogP contribution in [0.4, 0.5) is 0 Å². The number of aliphatic hydroxyl groups excluding tert-OH is 2. The quantitative estimate of drug-likeness (QED) is 0.221. The summed E-state index contributed by atoms with van der Waals surface area (Å²) in [4.78, 5) is 31.1. The molecule has 0 saturated heterocycles. The van der Waals surface area contributed by atoms with Crippen molar-refractivity contribution in [2.75, 3.05) is 6.61 Å². The number of carbonyl (C=O) groups excluding carboxylic acids is 1. The molecule has 0 aromatic heterocycles. The number of aliphatic hydroxyl groups is 2. The number of esters is 1. The Hall–Kier alpha value is 2.04. The summed E-state index contributed by atoms with van der Waals surface area (Å²) >= 11 is 0. The van der Waals surface area contributed by atoms with E-state index in [0.717, 1.165) is 0 Å². The van der Waals surface area contributed by atoms with Crippen LogP contribution in [0.3, 0.4) is 0 Å². The van der Waals surface area contributed by atoms with Crippen LogP contribution in [0.1, 0.15) is 0 Å². The molecule has 0 aromatic carbocycles. The van der Waals surface area contributed by atoms with Crippen LogP contribution >= 0.6 is 7.82 Å². The first-order chi connectivity index (χ1) is 6.83. The van der Waals surface area contributed by atoms with Crippen molar-refractivity contribution >= 4 is 13.8 Å². The maximum absolute atomic E-state index is 10.8. The van der Waals surface area contributed by atoms with Crippen LogP contribution in [-0.2, 0) is 18.6 Å². The van der Waals surface area contributed by atoms with E-state index in [-0.39, 0.29) is 94.1 Å². The molecule has 1 rings (SSSR count). The van der Waals surface area contributed by atoms with Gasteiger partial charge in [-0.05, 0) is 0 Å². The van der Waals surface area contributed by atoms with E-state index in [2.05, 4.69) is 9.26 Å². The molecule has 0 bridgehead atoms. The Kier molecular flexibility index (Phi) is 19.3. The van der Waals surface area contributed by atoms with E-state index in [1.165, 1.54) is 0 Å². The molecule has 13 heteroatoms. The molecule has 1 aliphatic heterocycles. The molecule has 0 aromatic rings. The molecule has 3 N–H and O–H groups in total. The molecule has 0 amide bonds. The zero-order valence-corrected chi connectivity index (χ0v) is 17.5. The molecule has 9 nitrogen and oxygen atoms in total. The van der Waals surface area contributed by atoms with Crippen molar-refractivity contribution in [3.8, 4) is 0 Å². The fraction of sp³-hybridized carbons (Fsp3) is 0.500. The molecule has 2 atom stereocenters. The third-order valence-electron chi connectivity index (χ3n) is 1.43. The third-order valence-corrected chi connectivity index (χ3v) is 1.84. The van der Waals surface area contributed by atoms with E-state index in [1.807, 2.05) is 6.08 Å². The van der Waals surface area contributed by atoms with Gasteiger partial charge in [-0.3, -0.25) is 0 Å². The van der Waals surface area contributed by atoms with Crippen molar-refractivity contribution in [3.63, 3.8) is 0 Å². The van der Waals surface area contributed by atoms with Crippen molar-refractivity contribution < 1.29 is 133 Å². The predicted molar refractivity (Wildman–Crippen MR) is 40.4 cm³/mol. The maximum Gasteiger partial charge on any atom is 1.00 e. The monoisotopic (exact) mass is 323 g/mol. The average Bonchev–Trinajstić information content (AvgIpc) is 2.44. The van der Waals surface area contributed by atoms with Crippen molar-refractivity contribution in [1.29, 1.82) is 0 Å². The minimum Gasteiger partial charge on any atom is -0.870 e. The predicted octanol–water partition coefficient (Wildman–Crippen LogP) is -12.4. The van der Waals surface area contributed by atoms with Crippen LogP contribution in [-0.4, -0.2) is 40.5 Å². The number of ether oxygens (including phenoxy) is 1. The number of phosphoric acid groups is 1. The number of hydrogen-bond donors (Lipinski definition) is 2. The molecular weight excluding hydrogens is 316 g/mol. The van der Waals surface area contributed by atoms with Gasteiger partial charge in [-0.1, -0.05) is 0 Å². The number of hydrogen-bond acceptors (Lipinski definition) is 9. The van der Waals surface area contributed by atoms with E-state index in [0.29, 0.717) is 0 Å². The summed E-state index contributed by atoms with van der Waals surface area (Å²) in [6.45, 7) is -0.718. The van der Waals surface area contributed by atoms with E-state index in [4.69, 9.17) is 10.2 Å². The molecule has 0 unspecified atom stereocenters. The summed E-state index contributed by atoms with van der Waals surface area (Å²) in [6, 6.07) is 0. The minimum atomic E-state index is -5.36. The molecule has 1 heterocycles. The summed E-state index contributed by atoms with van der Waals surface area (Å²) in [7, 11) is -5.36. The first kappa shape index (κ1) is 29.1. The van der Waals surface area contributed by atoms with Crippen molar-refractivity contribution in [2.45, 2.75) is 12.2 Å². The molecule has 19 heavy (non-hydrogen) atoms. The van der Waals surface area contributed by atoms with Gasteiger partial charge in [0.15, 0.2) is 0 Å². The average molecular weight is 323 g/mol. The minimum absolute atomic E-state index is 0. The molecule has 0 fully saturated rings. The maximum atomic E-state index is 10.8. The van der Waals surface area contributed by atoms with Gasteiger partial charge in [-0.2, -0.15) is 6.08 Å². The fourth-order valence-corrected chi connectivity index (χ4v) is 1.18. The molecule has 0 radical (unpaired) electrons. The van der Waals surface area contributed by atoms with Gasteiger partial charge in [0.25, 0.3) is 0 Å². The Bertz CT molecular complexity index is 343. The van der Waals surface area contributed by atoms with E-state index in [1.54, 1.807) is 0 Å². The Morgan fingerprint density at radius 1 is 1.42 bits per heavy atom. The standard InChI is InChI=1S/C6H8O8P.3Na.H2O/c7-2-3(8)4-1-5(6(9)13-4)14-15(10,11)12;;;;/h3-4,7-8H,2H2,(H2,10,11,12);;;;1H2/q-1;3*+1;/p-3/t3-,4-;;;;/m0..../s1. The molecule has 94 valence electrons. The number of carbonyl (C=O) groups is 1. The van der Waals surface area contributed by atoms with Gasteiger partial charge in [0.2, 0.25) is 5.97 Å². The molecule has 0 aliphatic carbocycles. The molecule has 0 saturated carbocycles. The Balaban J connectivity index is -0.000000281. The number of cyclic esters (lactones) is 1. The Morgan fingerprint density at radius 3 is 2.26 bits per heavy atom. The van der Waals surface area contributed by atoms with Gasteiger partial charge in [-0.25, -0.2) is 0 Å². The first-order valence-electron chi connectivity index (χ1n) is 3.68. The van der Waals surface area contributed by atoms with Crippen LogP contribution < -0.4 is 98.5 Å². The zero-order valence-electron chi connectivity index (χ0n) is 10.6. The summed E-state index contributed by atoms with van der Waals surface area (Å²) in [5.74, 6) is -2.17. The SMILES string of the molecule is O=C1O[C@H]([C@@H](O)CO)[C-]=C1OP(=O)([O-])[O-].[Na+].[Na+].[Na+].[OH-]. The largest absolute Gasteiger partial charge is 1.00 e. The van der Waals surface area contributed by atoms with Crippen LogP contribution in [0.2, 0.25) is 0 Å². The van der Waals surface area contributed by atoms with Crippen molar-refractivity contribution in [1.82, 2.24) is 0 Å². The van der Waals surface area contributed by atoms with Crippen LogP contribution in [0.5, 0.6) is 0 Å². The Labute approximate surface area is 175 Å². The molecular formula is C6H7Na3O9P-. The van der Waals surface area contributed by atoms with E-state index < -0.39 is 38.4 Å². The summed E-state index contributed by atoms with van der Waals surface area (Å²) in [6.07, 6.45) is -0.806. The van der Waals surface area contributed by atoms with Crippen LogP contribution in [0.15, 0.2) is 5.76 Å². The van der Waals surface area contributed by atoms with Gasteiger partial charge in [-0.15, -0.1) is 0 Å². The topological polar surface area (TPSA) is 169 Å². The molecule has 0 spiro atoms. The van der Waals surface area contributed by atoms with Gasteiger partial charge >= 0.3 is 88.7 Å². The number of rotatable bonds is 4. The molecule has 1 aliphatic rings. The third kappa shape index (κ3) is 10.4. The van der Waals surface area contributed by atoms with E-state index in [9.17, 15) is 19.1 Å². The fourth-order valence-electron chi connectivity index (χ4n) is 0.832. The second-order valence-electron chi connectivity index (χ2n) is 2.59. The van der Waals surface area contributed by atoms with Gasteiger partial charge < -0.3 is 44.1 Å². The van der Waals surface area contributed by atoms with Gasteiger partial charge in [0, 0.05) is 5.76 Å². The van der Waals surface area contributed by atoms with Crippen LogP contribution in [0.25, 0.3) is 0 Å². The number of phosphoric ester groups is 1. The van der Waals surface area contributed by atoms with Crippen molar-refractivity contribution in [2.24, 2.45) is 0 Å². The van der Waals surface area contributed by atoms with Gasteiger partial charge in [0.05, 0.1) is 18.8 Å². The van der Waals surface area contributed by atoms with Gasteiger partial charge in [0.1, 0.15) is 7.82 Å². The second-order valence-corrected chi connectivity index (χ2v) is 3.66. The zero-order chi connectivity index (χ0) is 11.6. The smallest absolute Gasteiger partial charge is 0.870 e.